The molecular formula is C15H11ClN4S. The summed E-state index contributed by atoms with van der Waals surface area (Å²) in [5, 5.41) is 13.4. The van der Waals surface area contributed by atoms with E-state index in [9.17, 15) is 0 Å². The summed E-state index contributed by atoms with van der Waals surface area (Å²) < 4.78 is 0. The molecule has 6 heteroatoms. The highest BCUT2D eigenvalue weighted by Gasteiger charge is 2.11. The third-order valence-corrected chi connectivity index (χ3v) is 4.22. The van der Waals surface area contributed by atoms with Gasteiger partial charge in [0.25, 0.3) is 0 Å². The summed E-state index contributed by atoms with van der Waals surface area (Å²) in [5.41, 5.74) is 2.47. The zero-order chi connectivity index (χ0) is 15.0. The first kappa shape index (κ1) is 13.8. The van der Waals surface area contributed by atoms with Gasteiger partial charge in [0, 0.05) is 10.6 Å². The fourth-order valence-electron chi connectivity index (χ4n) is 2.06. The fraction of sp³-hybridized carbons (Fsp3) is 0.133. The number of benzene rings is 1. The summed E-state index contributed by atoms with van der Waals surface area (Å²) in [6, 6.07) is 9.66. The van der Waals surface area contributed by atoms with Crippen molar-refractivity contribution >= 4 is 44.7 Å². The van der Waals surface area contributed by atoms with Crippen LogP contribution in [0.5, 0.6) is 0 Å². The first-order valence-electron chi connectivity index (χ1n) is 6.28. The molecule has 0 spiro atoms. The Balaban J connectivity index is 2.12. The van der Waals surface area contributed by atoms with Gasteiger partial charge < -0.3 is 5.32 Å². The number of nitrogens with zero attached hydrogens (tertiary/aromatic N) is 3. The largest absolute Gasteiger partial charge is 0.339 e. The van der Waals surface area contributed by atoms with Crippen LogP contribution >= 0.6 is 22.9 Å². The summed E-state index contributed by atoms with van der Waals surface area (Å²) in [6.45, 7) is 3.99. The molecule has 0 aliphatic rings. The van der Waals surface area contributed by atoms with Gasteiger partial charge in [0.2, 0.25) is 5.28 Å². The van der Waals surface area contributed by atoms with Gasteiger partial charge in [0.1, 0.15) is 10.6 Å². The fourth-order valence-corrected chi connectivity index (χ4v) is 3.16. The van der Waals surface area contributed by atoms with Gasteiger partial charge >= 0.3 is 0 Å². The lowest BCUT2D eigenvalue weighted by Crippen LogP contribution is -1.98. The third-order valence-electron chi connectivity index (χ3n) is 3.11. The maximum absolute atomic E-state index is 9.02. The minimum atomic E-state index is 0.209. The van der Waals surface area contributed by atoms with Crippen LogP contribution in [0.3, 0.4) is 0 Å². The van der Waals surface area contributed by atoms with Crippen molar-refractivity contribution in [2.45, 2.75) is 13.8 Å². The second-order valence-electron chi connectivity index (χ2n) is 4.68. The summed E-state index contributed by atoms with van der Waals surface area (Å²) in [5.74, 6) is 0.660. The van der Waals surface area contributed by atoms with E-state index in [2.05, 4.69) is 21.4 Å². The molecule has 0 aliphatic carbocycles. The van der Waals surface area contributed by atoms with Gasteiger partial charge in [0.15, 0.2) is 0 Å². The standard InChI is InChI=1S/C15H11ClN4S/c1-8-3-4-10(7-17)6-12(8)18-13-11-5-9(2)21-14(11)20-15(16)19-13/h3-6H,1-2H3,(H,18,19,20). The summed E-state index contributed by atoms with van der Waals surface area (Å²) in [7, 11) is 0. The van der Waals surface area contributed by atoms with Crippen LogP contribution in [0, 0.1) is 25.2 Å². The Labute approximate surface area is 131 Å². The van der Waals surface area contributed by atoms with Crippen molar-refractivity contribution in [1.29, 1.82) is 5.26 Å². The lowest BCUT2D eigenvalue weighted by molar-refractivity contribution is 1.22. The van der Waals surface area contributed by atoms with Gasteiger partial charge in [-0.05, 0) is 49.2 Å². The molecule has 3 rings (SSSR count). The Morgan fingerprint density at radius 2 is 2.05 bits per heavy atom. The zero-order valence-electron chi connectivity index (χ0n) is 11.4. The Bertz CT molecular complexity index is 879. The molecule has 0 atom stereocenters. The number of rotatable bonds is 2. The Hall–Kier alpha value is -2.16. The van der Waals surface area contributed by atoms with Crippen LogP contribution in [0.1, 0.15) is 16.0 Å². The average molecular weight is 315 g/mol. The van der Waals surface area contributed by atoms with Crippen LogP contribution in [-0.4, -0.2) is 9.97 Å². The summed E-state index contributed by atoms with van der Waals surface area (Å²) in [6.07, 6.45) is 0. The molecule has 0 radical (unpaired) electrons. The third kappa shape index (κ3) is 2.68. The van der Waals surface area contributed by atoms with E-state index >= 15 is 0 Å². The number of aryl methyl sites for hydroxylation is 2. The first-order valence-corrected chi connectivity index (χ1v) is 7.48. The van der Waals surface area contributed by atoms with Gasteiger partial charge in [-0.3, -0.25) is 0 Å². The van der Waals surface area contributed by atoms with E-state index in [4.69, 9.17) is 16.9 Å². The number of fused-ring (bicyclic) bond motifs is 1. The highest BCUT2D eigenvalue weighted by molar-refractivity contribution is 7.18. The molecule has 1 N–H and O–H groups in total. The minimum Gasteiger partial charge on any atom is -0.339 e. The molecular weight excluding hydrogens is 304 g/mol. The Kier molecular flexibility index (Phi) is 3.50. The van der Waals surface area contributed by atoms with Gasteiger partial charge in [-0.2, -0.15) is 10.2 Å². The number of nitrogens with one attached hydrogen (secondary N) is 1. The van der Waals surface area contributed by atoms with E-state index in [1.807, 2.05) is 26.0 Å². The first-order chi connectivity index (χ1) is 10.1. The molecule has 0 aliphatic heterocycles. The number of halogens is 1. The van der Waals surface area contributed by atoms with E-state index in [0.29, 0.717) is 11.4 Å². The van der Waals surface area contributed by atoms with E-state index in [1.54, 1.807) is 23.5 Å². The molecule has 0 saturated carbocycles. The predicted octanol–water partition coefficient (Wildman–Crippen LogP) is 4.58. The van der Waals surface area contributed by atoms with Gasteiger partial charge in [-0.15, -0.1) is 11.3 Å². The predicted molar refractivity (Wildman–Crippen MR) is 86.3 cm³/mol. The van der Waals surface area contributed by atoms with Crippen LogP contribution in [0.15, 0.2) is 24.3 Å². The van der Waals surface area contributed by atoms with Gasteiger partial charge in [-0.1, -0.05) is 6.07 Å². The molecule has 0 saturated heterocycles. The zero-order valence-corrected chi connectivity index (χ0v) is 13.0. The number of anilines is 2. The highest BCUT2D eigenvalue weighted by Crippen LogP contribution is 2.32. The maximum Gasteiger partial charge on any atom is 0.225 e. The van der Waals surface area contributed by atoms with Gasteiger partial charge in [0.05, 0.1) is 17.0 Å². The number of nitriles is 1. The lowest BCUT2D eigenvalue weighted by atomic mass is 10.1. The quantitative estimate of drug-likeness (QED) is 0.703. The Morgan fingerprint density at radius 1 is 1.24 bits per heavy atom. The van der Waals surface area contributed by atoms with Crippen molar-refractivity contribution < 1.29 is 0 Å². The molecule has 0 unspecified atom stereocenters. The van der Waals surface area contributed by atoms with Crippen LogP contribution in [0.25, 0.3) is 10.2 Å². The second kappa shape index (κ2) is 5.32. The maximum atomic E-state index is 9.02. The van der Waals surface area contributed by atoms with Crippen LogP contribution in [0.2, 0.25) is 5.28 Å². The van der Waals surface area contributed by atoms with Crippen LogP contribution in [-0.2, 0) is 0 Å². The van der Waals surface area contributed by atoms with Crippen LogP contribution < -0.4 is 5.32 Å². The normalized spacial score (nSPS) is 10.6. The molecule has 3 aromatic rings. The minimum absolute atomic E-state index is 0.209. The van der Waals surface area contributed by atoms with Crippen molar-refractivity contribution in [2.24, 2.45) is 0 Å². The molecule has 2 heterocycles. The number of thiophene rings is 1. The topological polar surface area (TPSA) is 61.6 Å². The molecule has 21 heavy (non-hydrogen) atoms. The smallest absolute Gasteiger partial charge is 0.225 e. The molecule has 1 aromatic carbocycles. The van der Waals surface area contributed by atoms with Crippen LogP contribution in [0.4, 0.5) is 11.5 Å². The number of hydrogen-bond donors (Lipinski definition) is 1. The highest BCUT2D eigenvalue weighted by atomic mass is 35.5. The number of aromatic nitrogens is 2. The molecule has 104 valence electrons. The second-order valence-corrected chi connectivity index (χ2v) is 6.26. The molecule has 0 amide bonds. The van der Waals surface area contributed by atoms with Crippen molar-refractivity contribution in [3.05, 3.63) is 45.6 Å². The monoisotopic (exact) mass is 314 g/mol. The van der Waals surface area contributed by atoms with Crippen molar-refractivity contribution in [1.82, 2.24) is 9.97 Å². The summed E-state index contributed by atoms with van der Waals surface area (Å²) in [4.78, 5) is 10.5. The van der Waals surface area contributed by atoms with Gasteiger partial charge in [-0.25, -0.2) is 4.98 Å². The molecule has 0 fully saturated rings. The van der Waals surface area contributed by atoms with E-state index in [1.165, 1.54) is 0 Å². The van der Waals surface area contributed by atoms with Crippen molar-refractivity contribution in [3.8, 4) is 6.07 Å². The average Bonchev–Trinajstić information content (AvgIpc) is 2.81. The molecule has 4 nitrogen and oxygen atoms in total. The van der Waals surface area contributed by atoms with Crippen molar-refractivity contribution in [3.63, 3.8) is 0 Å². The lowest BCUT2D eigenvalue weighted by Gasteiger charge is -2.10. The number of hydrogen-bond acceptors (Lipinski definition) is 5. The van der Waals surface area contributed by atoms with E-state index < -0.39 is 0 Å². The summed E-state index contributed by atoms with van der Waals surface area (Å²) >= 11 is 7.56. The Morgan fingerprint density at radius 3 is 2.81 bits per heavy atom. The molecule has 2 aromatic heterocycles. The van der Waals surface area contributed by atoms with Crippen molar-refractivity contribution in [2.75, 3.05) is 5.32 Å². The van der Waals surface area contributed by atoms with E-state index in [-0.39, 0.29) is 5.28 Å². The SMILES string of the molecule is Cc1cc2c(Nc3cc(C#N)ccc3C)nc(Cl)nc2s1. The molecule has 0 bridgehead atoms. The van der Waals surface area contributed by atoms with E-state index in [0.717, 1.165) is 26.3 Å².